The number of rotatable bonds is 6. The van der Waals surface area contributed by atoms with Crippen LogP contribution in [0.15, 0.2) is 0 Å². The van der Waals surface area contributed by atoms with Crippen molar-refractivity contribution in [3.8, 4) is 0 Å². The van der Waals surface area contributed by atoms with Crippen molar-refractivity contribution in [3.05, 3.63) is 0 Å². The molecule has 0 spiro atoms. The molecule has 0 saturated carbocycles. The molecule has 0 heterocycles. The minimum atomic E-state index is 0.205. The Morgan fingerprint density at radius 1 is 1.21 bits per heavy atom. The fourth-order valence-electron chi connectivity index (χ4n) is 1.28. The highest BCUT2D eigenvalue weighted by molar-refractivity contribution is 5.82. The van der Waals surface area contributed by atoms with Crippen LogP contribution in [0.25, 0.3) is 0 Å². The van der Waals surface area contributed by atoms with Crippen LogP contribution >= 0.6 is 0 Å². The van der Waals surface area contributed by atoms with Crippen LogP contribution in [0.1, 0.15) is 41.0 Å². The Kier molecular flexibility index (Phi) is 6.01. The lowest BCUT2D eigenvalue weighted by atomic mass is 10.0. The summed E-state index contributed by atoms with van der Waals surface area (Å²) in [5.74, 6) is 1.17. The van der Waals surface area contributed by atoms with E-state index in [0.29, 0.717) is 24.3 Å². The van der Waals surface area contributed by atoms with Crippen molar-refractivity contribution in [1.29, 1.82) is 0 Å². The number of hydrogen-bond acceptors (Lipinski definition) is 2. The number of Topliss-reactive ketones (excluding diaryl/α,β-unsaturated/α-hetero) is 1. The molecule has 0 saturated heterocycles. The molecule has 84 valence electrons. The van der Waals surface area contributed by atoms with Crippen LogP contribution in [-0.2, 0) is 4.79 Å². The maximum absolute atomic E-state index is 11.7. The molecule has 0 aliphatic rings. The largest absolute Gasteiger partial charge is 0.298 e. The monoisotopic (exact) mass is 199 g/mol. The third-order valence-electron chi connectivity index (χ3n) is 3.23. The number of ketones is 1. The van der Waals surface area contributed by atoms with Crippen molar-refractivity contribution >= 4 is 5.78 Å². The molecule has 0 aromatic heterocycles. The van der Waals surface area contributed by atoms with Crippen LogP contribution in [0.3, 0.4) is 0 Å². The van der Waals surface area contributed by atoms with Gasteiger partial charge < -0.3 is 0 Å². The van der Waals surface area contributed by atoms with Crippen molar-refractivity contribution in [3.63, 3.8) is 0 Å². The third-order valence-corrected chi connectivity index (χ3v) is 3.23. The number of carbonyl (C=O) groups is 1. The zero-order valence-corrected chi connectivity index (χ0v) is 10.5. The average Bonchev–Trinajstić information content (AvgIpc) is 2.14. The van der Waals surface area contributed by atoms with Gasteiger partial charge in [-0.15, -0.1) is 0 Å². The number of carbonyl (C=O) groups excluding carboxylic acids is 1. The lowest BCUT2D eigenvalue weighted by Crippen LogP contribution is -2.38. The Morgan fingerprint density at radius 3 is 2.07 bits per heavy atom. The van der Waals surface area contributed by atoms with E-state index in [0.717, 1.165) is 6.42 Å². The predicted molar refractivity (Wildman–Crippen MR) is 61.4 cm³/mol. The highest BCUT2D eigenvalue weighted by atomic mass is 16.1. The summed E-state index contributed by atoms with van der Waals surface area (Å²) in [5, 5.41) is 0. The van der Waals surface area contributed by atoms with Gasteiger partial charge in [-0.25, -0.2) is 0 Å². The van der Waals surface area contributed by atoms with Crippen molar-refractivity contribution in [2.75, 3.05) is 13.6 Å². The van der Waals surface area contributed by atoms with Gasteiger partial charge in [0.05, 0.1) is 6.54 Å². The summed E-state index contributed by atoms with van der Waals surface area (Å²) in [5.41, 5.74) is 0. The van der Waals surface area contributed by atoms with E-state index >= 15 is 0 Å². The van der Waals surface area contributed by atoms with E-state index in [9.17, 15) is 4.79 Å². The van der Waals surface area contributed by atoms with Crippen LogP contribution in [0, 0.1) is 11.8 Å². The van der Waals surface area contributed by atoms with Gasteiger partial charge in [-0.3, -0.25) is 9.69 Å². The molecule has 0 amide bonds. The van der Waals surface area contributed by atoms with E-state index in [1.165, 1.54) is 0 Å². The van der Waals surface area contributed by atoms with E-state index in [4.69, 9.17) is 0 Å². The maximum Gasteiger partial charge on any atom is 0.149 e. The summed E-state index contributed by atoms with van der Waals surface area (Å²) >= 11 is 0. The van der Waals surface area contributed by atoms with Crippen molar-refractivity contribution < 1.29 is 4.79 Å². The molecule has 2 atom stereocenters. The molecule has 0 N–H and O–H groups in total. The Bertz CT molecular complexity index is 177. The lowest BCUT2D eigenvalue weighted by Gasteiger charge is -2.27. The maximum atomic E-state index is 11.7. The zero-order chi connectivity index (χ0) is 11.3. The molecule has 0 fully saturated rings. The standard InChI is InChI=1S/C12H25NO/c1-7-10(4)12(14)8-13(6)11(5)9(2)3/h9-11H,7-8H2,1-6H3. The third kappa shape index (κ3) is 4.23. The second kappa shape index (κ2) is 6.18. The first-order valence-electron chi connectivity index (χ1n) is 5.63. The minimum absolute atomic E-state index is 0.205. The van der Waals surface area contributed by atoms with Gasteiger partial charge >= 0.3 is 0 Å². The molecule has 14 heavy (non-hydrogen) atoms. The van der Waals surface area contributed by atoms with E-state index in [1.54, 1.807) is 0 Å². The molecule has 0 aliphatic heterocycles. The molecule has 2 heteroatoms. The summed E-state index contributed by atoms with van der Waals surface area (Å²) in [6.07, 6.45) is 0.947. The smallest absolute Gasteiger partial charge is 0.149 e. The Labute approximate surface area is 88.7 Å². The van der Waals surface area contributed by atoms with Gasteiger partial charge in [0.2, 0.25) is 0 Å². The zero-order valence-electron chi connectivity index (χ0n) is 10.5. The highest BCUT2D eigenvalue weighted by Gasteiger charge is 2.18. The SMILES string of the molecule is CCC(C)C(=O)CN(C)C(C)C(C)C. The van der Waals surface area contributed by atoms with E-state index < -0.39 is 0 Å². The molecular formula is C12H25NO. The summed E-state index contributed by atoms with van der Waals surface area (Å²) in [6.45, 7) is 11.2. The topological polar surface area (TPSA) is 20.3 Å². The molecule has 0 rings (SSSR count). The number of likely N-dealkylation sites (N-methyl/N-ethyl adjacent to an activating group) is 1. The Morgan fingerprint density at radius 2 is 1.71 bits per heavy atom. The van der Waals surface area contributed by atoms with Gasteiger partial charge in [-0.1, -0.05) is 27.7 Å². The van der Waals surface area contributed by atoms with E-state index in [-0.39, 0.29) is 5.92 Å². The van der Waals surface area contributed by atoms with Gasteiger partial charge in [0, 0.05) is 12.0 Å². The molecule has 2 nitrogen and oxygen atoms in total. The first-order valence-corrected chi connectivity index (χ1v) is 5.63. The fraction of sp³-hybridized carbons (Fsp3) is 0.917. The van der Waals surface area contributed by atoms with E-state index in [2.05, 4.69) is 32.6 Å². The first-order chi connectivity index (χ1) is 6.40. The van der Waals surface area contributed by atoms with Gasteiger partial charge in [-0.2, -0.15) is 0 Å². The quantitative estimate of drug-likeness (QED) is 0.655. The lowest BCUT2D eigenvalue weighted by molar-refractivity contribution is -0.123. The molecule has 2 unspecified atom stereocenters. The highest BCUT2D eigenvalue weighted by Crippen LogP contribution is 2.10. The summed E-state index contributed by atoms with van der Waals surface area (Å²) in [7, 11) is 2.03. The van der Waals surface area contributed by atoms with Crippen LogP contribution in [0.5, 0.6) is 0 Å². The Balaban J connectivity index is 4.05. The van der Waals surface area contributed by atoms with Gasteiger partial charge in [-0.05, 0) is 26.3 Å². The van der Waals surface area contributed by atoms with Crippen molar-refractivity contribution in [2.24, 2.45) is 11.8 Å². The van der Waals surface area contributed by atoms with Crippen LogP contribution in [0.4, 0.5) is 0 Å². The second-order valence-electron chi connectivity index (χ2n) is 4.68. The van der Waals surface area contributed by atoms with Gasteiger partial charge in [0.1, 0.15) is 5.78 Å². The van der Waals surface area contributed by atoms with Gasteiger partial charge in [0.25, 0.3) is 0 Å². The number of hydrogen-bond donors (Lipinski definition) is 0. The number of nitrogens with zero attached hydrogens (tertiary/aromatic N) is 1. The second-order valence-corrected chi connectivity index (χ2v) is 4.68. The van der Waals surface area contributed by atoms with E-state index in [1.807, 2.05) is 14.0 Å². The summed E-state index contributed by atoms with van der Waals surface area (Å²) in [6, 6.07) is 0.475. The van der Waals surface area contributed by atoms with Crippen molar-refractivity contribution in [1.82, 2.24) is 4.90 Å². The predicted octanol–water partition coefficient (Wildman–Crippen LogP) is 2.58. The van der Waals surface area contributed by atoms with Crippen molar-refractivity contribution in [2.45, 2.75) is 47.1 Å². The van der Waals surface area contributed by atoms with Crippen LogP contribution in [0.2, 0.25) is 0 Å². The fourth-order valence-corrected chi connectivity index (χ4v) is 1.28. The normalized spacial score (nSPS) is 16.0. The summed E-state index contributed by atoms with van der Waals surface area (Å²) < 4.78 is 0. The Hall–Kier alpha value is -0.370. The molecular weight excluding hydrogens is 174 g/mol. The summed E-state index contributed by atoms with van der Waals surface area (Å²) in [4.78, 5) is 13.8. The van der Waals surface area contributed by atoms with Crippen LogP contribution in [-0.4, -0.2) is 30.3 Å². The molecule has 0 aromatic carbocycles. The minimum Gasteiger partial charge on any atom is -0.298 e. The molecule has 0 aliphatic carbocycles. The molecule has 0 aromatic rings. The molecule has 0 radical (unpaired) electrons. The average molecular weight is 199 g/mol. The van der Waals surface area contributed by atoms with Crippen LogP contribution < -0.4 is 0 Å². The first kappa shape index (κ1) is 13.6. The van der Waals surface area contributed by atoms with Gasteiger partial charge in [0.15, 0.2) is 0 Å². The molecule has 0 bridgehead atoms.